The van der Waals surface area contributed by atoms with E-state index >= 15 is 0 Å². The van der Waals surface area contributed by atoms with Gasteiger partial charge in [0.1, 0.15) is 5.75 Å². The second-order valence-corrected chi connectivity index (χ2v) is 5.58. The standard InChI is InChI=1S/C14H19ClN2O/c1-10-9-18-14-11(3-2-4-12(14)15)13(10)17-7-5-16-6-8-17/h2-4,10,13,16H,5-9H2,1H3. The minimum atomic E-state index is 0.439. The molecule has 0 aliphatic carbocycles. The van der Waals surface area contributed by atoms with Gasteiger partial charge in [-0.2, -0.15) is 0 Å². The van der Waals surface area contributed by atoms with Crippen molar-refractivity contribution >= 4 is 11.6 Å². The Balaban J connectivity index is 1.96. The molecule has 1 aromatic rings. The van der Waals surface area contributed by atoms with Crippen LogP contribution in [0.5, 0.6) is 5.75 Å². The monoisotopic (exact) mass is 266 g/mol. The van der Waals surface area contributed by atoms with E-state index in [0.29, 0.717) is 12.0 Å². The van der Waals surface area contributed by atoms with E-state index in [-0.39, 0.29) is 0 Å². The molecule has 2 atom stereocenters. The van der Waals surface area contributed by atoms with Gasteiger partial charge in [-0.15, -0.1) is 0 Å². The summed E-state index contributed by atoms with van der Waals surface area (Å²) in [4.78, 5) is 2.55. The van der Waals surface area contributed by atoms with Gasteiger partial charge in [-0.05, 0) is 6.07 Å². The number of nitrogens with one attached hydrogen (secondary N) is 1. The van der Waals surface area contributed by atoms with Crippen LogP contribution < -0.4 is 10.1 Å². The summed E-state index contributed by atoms with van der Waals surface area (Å²) >= 11 is 6.24. The van der Waals surface area contributed by atoms with Gasteiger partial charge in [0, 0.05) is 43.7 Å². The van der Waals surface area contributed by atoms with Gasteiger partial charge in [0.25, 0.3) is 0 Å². The molecule has 3 nitrogen and oxygen atoms in total. The lowest BCUT2D eigenvalue weighted by atomic mass is 9.90. The molecule has 1 aromatic carbocycles. The molecule has 2 aliphatic heterocycles. The summed E-state index contributed by atoms with van der Waals surface area (Å²) in [5.41, 5.74) is 1.25. The molecule has 0 spiro atoms. The van der Waals surface area contributed by atoms with Crippen molar-refractivity contribution in [1.82, 2.24) is 10.2 Å². The highest BCUT2D eigenvalue weighted by molar-refractivity contribution is 6.32. The Bertz CT molecular complexity index is 432. The molecule has 0 amide bonds. The third-order valence-electron chi connectivity index (χ3n) is 3.89. The zero-order chi connectivity index (χ0) is 12.5. The van der Waals surface area contributed by atoms with Crippen molar-refractivity contribution in [2.45, 2.75) is 13.0 Å². The zero-order valence-corrected chi connectivity index (χ0v) is 11.4. The van der Waals surface area contributed by atoms with E-state index in [9.17, 15) is 0 Å². The quantitative estimate of drug-likeness (QED) is 0.844. The molecule has 0 bridgehead atoms. The summed E-state index contributed by atoms with van der Waals surface area (Å²) in [7, 11) is 0. The van der Waals surface area contributed by atoms with Crippen LogP contribution in [0.3, 0.4) is 0 Å². The fourth-order valence-electron chi connectivity index (χ4n) is 3.04. The molecule has 0 aromatic heterocycles. The molecule has 1 N–H and O–H groups in total. The molecule has 0 radical (unpaired) electrons. The van der Waals surface area contributed by atoms with E-state index in [1.165, 1.54) is 5.56 Å². The third kappa shape index (κ3) is 2.11. The minimum absolute atomic E-state index is 0.439. The molecule has 98 valence electrons. The average molecular weight is 267 g/mol. The number of fused-ring (bicyclic) bond motifs is 1. The van der Waals surface area contributed by atoms with Crippen molar-refractivity contribution in [3.63, 3.8) is 0 Å². The van der Waals surface area contributed by atoms with Gasteiger partial charge in [-0.25, -0.2) is 0 Å². The second kappa shape index (κ2) is 5.08. The van der Waals surface area contributed by atoms with E-state index in [2.05, 4.69) is 23.2 Å². The SMILES string of the molecule is CC1COc2c(Cl)cccc2C1N1CCNCC1. The predicted octanol–water partition coefficient (Wildman–Crippen LogP) is 2.31. The summed E-state index contributed by atoms with van der Waals surface area (Å²) in [6.45, 7) is 7.35. The molecule has 2 heterocycles. The highest BCUT2D eigenvalue weighted by Gasteiger charge is 2.33. The Kier molecular flexibility index (Phi) is 3.46. The number of ether oxygens (including phenoxy) is 1. The summed E-state index contributed by atoms with van der Waals surface area (Å²) in [5.74, 6) is 1.40. The second-order valence-electron chi connectivity index (χ2n) is 5.18. The molecule has 3 rings (SSSR count). The van der Waals surface area contributed by atoms with Crippen molar-refractivity contribution in [3.05, 3.63) is 28.8 Å². The average Bonchev–Trinajstić information content (AvgIpc) is 2.40. The fourth-order valence-corrected chi connectivity index (χ4v) is 3.28. The van der Waals surface area contributed by atoms with Crippen LogP contribution in [0.1, 0.15) is 18.5 Å². The molecular weight excluding hydrogens is 248 g/mol. The van der Waals surface area contributed by atoms with E-state index in [1.807, 2.05) is 12.1 Å². The van der Waals surface area contributed by atoms with Crippen LogP contribution in [0.25, 0.3) is 0 Å². The van der Waals surface area contributed by atoms with Gasteiger partial charge in [0.05, 0.1) is 11.6 Å². The maximum absolute atomic E-state index is 6.24. The topological polar surface area (TPSA) is 24.5 Å². The first-order chi connectivity index (χ1) is 8.77. The Morgan fingerprint density at radius 2 is 2.11 bits per heavy atom. The largest absolute Gasteiger partial charge is 0.491 e. The number of halogens is 1. The maximum atomic E-state index is 6.24. The van der Waals surface area contributed by atoms with E-state index in [4.69, 9.17) is 16.3 Å². The molecular formula is C14H19ClN2O. The van der Waals surface area contributed by atoms with E-state index in [1.54, 1.807) is 0 Å². The van der Waals surface area contributed by atoms with Gasteiger partial charge in [0.15, 0.2) is 0 Å². The highest BCUT2D eigenvalue weighted by Crippen LogP contribution is 2.42. The van der Waals surface area contributed by atoms with E-state index in [0.717, 1.165) is 43.6 Å². The van der Waals surface area contributed by atoms with Crippen molar-refractivity contribution in [1.29, 1.82) is 0 Å². The van der Waals surface area contributed by atoms with Crippen LogP contribution in [-0.4, -0.2) is 37.7 Å². The van der Waals surface area contributed by atoms with Gasteiger partial charge >= 0.3 is 0 Å². The Morgan fingerprint density at radius 1 is 1.33 bits per heavy atom. The van der Waals surface area contributed by atoms with Gasteiger partial charge in [-0.1, -0.05) is 30.7 Å². The van der Waals surface area contributed by atoms with Crippen molar-refractivity contribution in [2.75, 3.05) is 32.8 Å². The van der Waals surface area contributed by atoms with Crippen molar-refractivity contribution < 1.29 is 4.74 Å². The molecule has 4 heteroatoms. The number of para-hydroxylation sites is 1. The summed E-state index contributed by atoms with van der Waals surface area (Å²) < 4.78 is 5.81. The van der Waals surface area contributed by atoms with Crippen LogP contribution in [0, 0.1) is 5.92 Å². The van der Waals surface area contributed by atoms with Crippen LogP contribution >= 0.6 is 11.6 Å². The fraction of sp³-hybridized carbons (Fsp3) is 0.571. The number of benzene rings is 1. The van der Waals surface area contributed by atoms with Crippen LogP contribution in [0.4, 0.5) is 0 Å². The maximum Gasteiger partial charge on any atom is 0.142 e. The lowest BCUT2D eigenvalue weighted by molar-refractivity contribution is 0.0802. The molecule has 2 unspecified atom stereocenters. The minimum Gasteiger partial charge on any atom is -0.491 e. The summed E-state index contributed by atoms with van der Waals surface area (Å²) in [6, 6.07) is 6.53. The van der Waals surface area contributed by atoms with Gasteiger partial charge in [0.2, 0.25) is 0 Å². The van der Waals surface area contributed by atoms with Crippen LogP contribution in [0.2, 0.25) is 5.02 Å². The lowest BCUT2D eigenvalue weighted by Crippen LogP contribution is -2.48. The van der Waals surface area contributed by atoms with Crippen LogP contribution in [-0.2, 0) is 0 Å². The molecule has 1 saturated heterocycles. The highest BCUT2D eigenvalue weighted by atomic mass is 35.5. The number of rotatable bonds is 1. The Morgan fingerprint density at radius 3 is 2.89 bits per heavy atom. The van der Waals surface area contributed by atoms with E-state index < -0.39 is 0 Å². The summed E-state index contributed by atoms with van der Waals surface area (Å²) in [6.07, 6.45) is 0. The van der Waals surface area contributed by atoms with Crippen LogP contribution in [0.15, 0.2) is 18.2 Å². The smallest absolute Gasteiger partial charge is 0.142 e. The third-order valence-corrected chi connectivity index (χ3v) is 4.19. The first-order valence-electron chi connectivity index (χ1n) is 6.63. The first kappa shape index (κ1) is 12.3. The predicted molar refractivity (Wildman–Crippen MR) is 73.3 cm³/mol. The van der Waals surface area contributed by atoms with Gasteiger partial charge in [-0.3, -0.25) is 4.90 Å². The number of nitrogens with zero attached hydrogens (tertiary/aromatic N) is 1. The van der Waals surface area contributed by atoms with Crippen molar-refractivity contribution in [2.24, 2.45) is 5.92 Å². The zero-order valence-electron chi connectivity index (χ0n) is 10.7. The normalized spacial score (nSPS) is 28.6. The number of piperazine rings is 1. The lowest BCUT2D eigenvalue weighted by Gasteiger charge is -2.41. The molecule has 1 fully saturated rings. The molecule has 0 saturated carbocycles. The van der Waals surface area contributed by atoms with Gasteiger partial charge < -0.3 is 10.1 Å². The van der Waals surface area contributed by atoms with Crippen molar-refractivity contribution in [3.8, 4) is 5.75 Å². The molecule has 2 aliphatic rings. The Labute approximate surface area is 113 Å². The molecule has 18 heavy (non-hydrogen) atoms. The Hall–Kier alpha value is -0.770. The number of hydrogen-bond donors (Lipinski definition) is 1. The summed E-state index contributed by atoms with van der Waals surface area (Å²) in [5, 5.41) is 4.14. The number of hydrogen-bond acceptors (Lipinski definition) is 3. The first-order valence-corrected chi connectivity index (χ1v) is 7.01.